The Hall–Kier alpha value is -1.68. The number of nitrogens with two attached hydrogens (primary N) is 1. The van der Waals surface area contributed by atoms with E-state index in [4.69, 9.17) is 5.73 Å². The molecule has 0 bridgehead atoms. The smallest absolute Gasteiger partial charge is 0.142 e. The lowest BCUT2D eigenvalue weighted by Crippen LogP contribution is -2.39. The molecule has 0 saturated heterocycles. The third-order valence-electron chi connectivity index (χ3n) is 4.55. The van der Waals surface area contributed by atoms with Crippen LogP contribution in [0.4, 0.5) is 0 Å². The minimum absolute atomic E-state index is 0.212. The Morgan fingerprint density at radius 3 is 2.76 bits per heavy atom. The van der Waals surface area contributed by atoms with Gasteiger partial charge in [-0.05, 0) is 31.9 Å². The van der Waals surface area contributed by atoms with E-state index in [9.17, 15) is 4.79 Å². The fourth-order valence-corrected chi connectivity index (χ4v) is 3.50. The van der Waals surface area contributed by atoms with Gasteiger partial charge >= 0.3 is 0 Å². The first-order valence-corrected chi connectivity index (χ1v) is 7.86. The normalized spacial score (nSPS) is 17.4. The molecule has 1 aromatic carbocycles. The second-order valence-corrected chi connectivity index (χ2v) is 6.22. The third kappa shape index (κ3) is 2.86. The van der Waals surface area contributed by atoms with Crippen molar-refractivity contribution in [1.29, 1.82) is 0 Å². The zero-order chi connectivity index (χ0) is 14.9. The molecule has 21 heavy (non-hydrogen) atoms. The SMILES string of the molecule is CCn1c(CC(=O)CC2(N)CCCC2)nc2ccccc21. The van der Waals surface area contributed by atoms with Crippen molar-refractivity contribution in [2.24, 2.45) is 5.73 Å². The Morgan fingerprint density at radius 2 is 2.05 bits per heavy atom. The van der Waals surface area contributed by atoms with Crippen molar-refractivity contribution in [2.75, 3.05) is 0 Å². The molecule has 1 heterocycles. The van der Waals surface area contributed by atoms with Crippen molar-refractivity contribution in [2.45, 2.75) is 57.5 Å². The maximum Gasteiger partial charge on any atom is 0.142 e. The van der Waals surface area contributed by atoms with Crippen LogP contribution < -0.4 is 5.73 Å². The van der Waals surface area contributed by atoms with Crippen molar-refractivity contribution in [3.8, 4) is 0 Å². The van der Waals surface area contributed by atoms with E-state index in [2.05, 4.69) is 22.5 Å². The van der Waals surface area contributed by atoms with Crippen LogP contribution in [0.25, 0.3) is 11.0 Å². The number of benzene rings is 1. The number of hydrogen-bond acceptors (Lipinski definition) is 3. The fourth-order valence-electron chi connectivity index (χ4n) is 3.50. The molecule has 1 aliphatic carbocycles. The molecule has 4 nitrogen and oxygen atoms in total. The average molecular weight is 285 g/mol. The van der Waals surface area contributed by atoms with E-state index in [1.54, 1.807) is 0 Å². The lowest BCUT2D eigenvalue weighted by atomic mass is 9.91. The minimum atomic E-state index is -0.264. The number of imidazole rings is 1. The highest BCUT2D eigenvalue weighted by atomic mass is 16.1. The summed E-state index contributed by atoms with van der Waals surface area (Å²) in [6.45, 7) is 2.92. The second-order valence-electron chi connectivity index (χ2n) is 6.22. The number of para-hydroxylation sites is 2. The lowest BCUT2D eigenvalue weighted by Gasteiger charge is -2.22. The summed E-state index contributed by atoms with van der Waals surface area (Å²) in [5.41, 5.74) is 8.11. The number of fused-ring (bicyclic) bond motifs is 1. The van der Waals surface area contributed by atoms with Crippen molar-refractivity contribution in [3.63, 3.8) is 0 Å². The Morgan fingerprint density at radius 1 is 1.33 bits per heavy atom. The summed E-state index contributed by atoms with van der Waals surface area (Å²) >= 11 is 0. The molecule has 0 spiro atoms. The highest BCUT2D eigenvalue weighted by Gasteiger charge is 2.31. The van der Waals surface area contributed by atoms with Crippen LogP contribution in [0.3, 0.4) is 0 Å². The molecule has 1 aromatic heterocycles. The van der Waals surface area contributed by atoms with Gasteiger partial charge in [0.25, 0.3) is 0 Å². The van der Waals surface area contributed by atoms with Gasteiger partial charge in [0.1, 0.15) is 11.6 Å². The molecule has 0 radical (unpaired) electrons. The van der Waals surface area contributed by atoms with Gasteiger partial charge in [-0.2, -0.15) is 0 Å². The molecule has 112 valence electrons. The van der Waals surface area contributed by atoms with E-state index < -0.39 is 0 Å². The summed E-state index contributed by atoms with van der Waals surface area (Å²) in [6.07, 6.45) is 5.13. The quantitative estimate of drug-likeness (QED) is 0.919. The highest BCUT2D eigenvalue weighted by molar-refractivity contribution is 5.83. The number of aromatic nitrogens is 2. The summed E-state index contributed by atoms with van der Waals surface area (Å²) in [6, 6.07) is 8.04. The van der Waals surface area contributed by atoms with E-state index in [1.807, 2.05) is 18.2 Å². The number of rotatable bonds is 5. The van der Waals surface area contributed by atoms with Crippen molar-refractivity contribution < 1.29 is 4.79 Å². The Balaban J connectivity index is 1.79. The van der Waals surface area contributed by atoms with E-state index in [-0.39, 0.29) is 11.3 Å². The maximum atomic E-state index is 12.4. The molecule has 0 atom stereocenters. The van der Waals surface area contributed by atoms with Crippen LogP contribution >= 0.6 is 0 Å². The largest absolute Gasteiger partial charge is 0.328 e. The van der Waals surface area contributed by atoms with Gasteiger partial charge in [-0.1, -0.05) is 25.0 Å². The molecule has 1 fully saturated rings. The van der Waals surface area contributed by atoms with Crippen molar-refractivity contribution in [3.05, 3.63) is 30.1 Å². The van der Waals surface area contributed by atoms with Crippen LogP contribution in [0.5, 0.6) is 0 Å². The van der Waals surface area contributed by atoms with E-state index in [1.165, 1.54) is 0 Å². The Kier molecular flexibility index (Phi) is 3.81. The summed E-state index contributed by atoms with van der Waals surface area (Å²) in [5.74, 6) is 1.08. The first-order chi connectivity index (χ1) is 10.1. The van der Waals surface area contributed by atoms with Crippen LogP contribution in [0.2, 0.25) is 0 Å². The number of nitrogens with zero attached hydrogens (tertiary/aromatic N) is 2. The predicted octanol–water partition coefficient (Wildman–Crippen LogP) is 2.83. The van der Waals surface area contributed by atoms with Gasteiger partial charge in [-0.3, -0.25) is 4.79 Å². The summed E-state index contributed by atoms with van der Waals surface area (Å²) in [5, 5.41) is 0. The number of carbonyl (C=O) groups is 1. The van der Waals surface area contributed by atoms with E-state index in [0.717, 1.165) is 49.1 Å². The molecule has 1 saturated carbocycles. The van der Waals surface area contributed by atoms with Crippen LogP contribution in [0, 0.1) is 0 Å². The predicted molar refractivity (Wildman–Crippen MR) is 84.1 cm³/mol. The van der Waals surface area contributed by atoms with E-state index in [0.29, 0.717) is 12.8 Å². The third-order valence-corrected chi connectivity index (χ3v) is 4.55. The van der Waals surface area contributed by atoms with Gasteiger partial charge < -0.3 is 10.3 Å². The molecule has 0 amide bonds. The maximum absolute atomic E-state index is 12.4. The van der Waals surface area contributed by atoms with Gasteiger partial charge in [-0.15, -0.1) is 0 Å². The molecule has 0 aliphatic heterocycles. The molecule has 2 N–H and O–H groups in total. The average Bonchev–Trinajstić information content (AvgIpc) is 3.01. The van der Waals surface area contributed by atoms with Crippen LogP contribution in [-0.4, -0.2) is 20.9 Å². The summed E-state index contributed by atoms with van der Waals surface area (Å²) < 4.78 is 2.13. The molecular weight excluding hydrogens is 262 g/mol. The van der Waals surface area contributed by atoms with Gasteiger partial charge in [0, 0.05) is 18.5 Å². The first-order valence-electron chi connectivity index (χ1n) is 7.86. The molecule has 1 aliphatic rings. The molecule has 4 heteroatoms. The van der Waals surface area contributed by atoms with Crippen molar-refractivity contribution in [1.82, 2.24) is 9.55 Å². The zero-order valence-corrected chi connectivity index (χ0v) is 12.6. The summed E-state index contributed by atoms with van der Waals surface area (Å²) in [7, 11) is 0. The first kappa shape index (κ1) is 14.3. The van der Waals surface area contributed by atoms with Crippen LogP contribution in [0.1, 0.15) is 44.9 Å². The molecular formula is C17H23N3O. The Bertz CT molecular complexity index is 653. The van der Waals surface area contributed by atoms with Gasteiger partial charge in [-0.25, -0.2) is 4.98 Å². The lowest BCUT2D eigenvalue weighted by molar-refractivity contribution is -0.119. The number of carbonyl (C=O) groups excluding carboxylic acids is 1. The number of hydrogen-bond donors (Lipinski definition) is 1. The number of ketones is 1. The molecule has 3 rings (SSSR count). The van der Waals surface area contributed by atoms with Crippen LogP contribution in [0.15, 0.2) is 24.3 Å². The minimum Gasteiger partial charge on any atom is -0.328 e. The fraction of sp³-hybridized carbons (Fsp3) is 0.529. The highest BCUT2D eigenvalue weighted by Crippen LogP contribution is 2.30. The second kappa shape index (κ2) is 5.60. The van der Waals surface area contributed by atoms with Crippen molar-refractivity contribution >= 4 is 16.8 Å². The number of Topliss-reactive ketones (excluding diaryl/α,β-unsaturated/α-hetero) is 1. The summed E-state index contributed by atoms with van der Waals surface area (Å²) in [4.78, 5) is 17.0. The molecule has 2 aromatic rings. The van der Waals surface area contributed by atoms with E-state index >= 15 is 0 Å². The Labute approximate surface area is 125 Å². The van der Waals surface area contributed by atoms with Gasteiger partial charge in [0.2, 0.25) is 0 Å². The molecule has 0 unspecified atom stereocenters. The standard InChI is InChI=1S/C17H23N3O/c1-2-20-15-8-4-3-7-14(15)19-16(20)11-13(21)12-17(18)9-5-6-10-17/h3-4,7-8H,2,5-6,9-12,18H2,1H3. The zero-order valence-electron chi connectivity index (χ0n) is 12.6. The van der Waals surface area contributed by atoms with Gasteiger partial charge in [0.05, 0.1) is 17.5 Å². The van der Waals surface area contributed by atoms with Crippen LogP contribution in [-0.2, 0) is 17.8 Å². The van der Waals surface area contributed by atoms with Gasteiger partial charge in [0.15, 0.2) is 0 Å². The number of aryl methyl sites for hydroxylation is 1. The topological polar surface area (TPSA) is 60.9 Å². The monoisotopic (exact) mass is 285 g/mol.